The van der Waals surface area contributed by atoms with Gasteiger partial charge in [-0.2, -0.15) is 0 Å². The van der Waals surface area contributed by atoms with Gasteiger partial charge >= 0.3 is 0 Å². The lowest BCUT2D eigenvalue weighted by Gasteiger charge is -2.21. The van der Waals surface area contributed by atoms with Gasteiger partial charge in [0.1, 0.15) is 0 Å². The molecular weight excluding hydrogens is 204 g/mol. The van der Waals surface area contributed by atoms with E-state index in [1.807, 2.05) is 12.1 Å². The second-order valence-electron chi connectivity index (χ2n) is 4.07. The smallest absolute Gasteiger partial charge is 0.213 e. The molecular formula is C12H18N2O2. The zero-order chi connectivity index (χ0) is 11.2. The van der Waals surface area contributed by atoms with Crippen molar-refractivity contribution in [1.29, 1.82) is 0 Å². The first-order chi connectivity index (χ1) is 7.88. The molecule has 1 aliphatic rings. The van der Waals surface area contributed by atoms with Crippen LogP contribution in [0.3, 0.4) is 0 Å². The van der Waals surface area contributed by atoms with Gasteiger partial charge in [0.15, 0.2) is 0 Å². The van der Waals surface area contributed by atoms with Crippen LogP contribution in [0.15, 0.2) is 18.3 Å². The molecule has 0 spiro atoms. The molecule has 2 heterocycles. The Morgan fingerprint density at radius 1 is 1.44 bits per heavy atom. The summed E-state index contributed by atoms with van der Waals surface area (Å²) in [6.45, 7) is 2.95. The topological polar surface area (TPSA) is 57.4 Å². The van der Waals surface area contributed by atoms with Crippen molar-refractivity contribution in [2.24, 2.45) is 11.7 Å². The molecule has 88 valence electrons. The highest BCUT2D eigenvalue weighted by atomic mass is 16.5. The van der Waals surface area contributed by atoms with Crippen LogP contribution >= 0.6 is 0 Å². The maximum atomic E-state index is 5.67. The van der Waals surface area contributed by atoms with Crippen molar-refractivity contribution in [1.82, 2.24) is 4.98 Å². The van der Waals surface area contributed by atoms with E-state index in [9.17, 15) is 0 Å². The summed E-state index contributed by atoms with van der Waals surface area (Å²) >= 11 is 0. The number of ether oxygens (including phenoxy) is 2. The first-order valence-corrected chi connectivity index (χ1v) is 5.74. The van der Waals surface area contributed by atoms with E-state index in [0.717, 1.165) is 38.2 Å². The predicted molar refractivity (Wildman–Crippen MR) is 61.2 cm³/mol. The highest BCUT2D eigenvalue weighted by Gasteiger charge is 2.14. The SMILES string of the molecule is NCc1ccnc(OCC2CCOCC2)c1. The van der Waals surface area contributed by atoms with Gasteiger partial charge in [0.2, 0.25) is 5.88 Å². The van der Waals surface area contributed by atoms with Crippen LogP contribution in [-0.4, -0.2) is 24.8 Å². The summed E-state index contributed by atoms with van der Waals surface area (Å²) in [5.74, 6) is 1.27. The predicted octanol–water partition coefficient (Wildman–Crippen LogP) is 1.35. The van der Waals surface area contributed by atoms with Crippen molar-refractivity contribution in [2.45, 2.75) is 19.4 Å². The highest BCUT2D eigenvalue weighted by Crippen LogP contribution is 2.17. The normalized spacial score (nSPS) is 17.3. The molecule has 0 aliphatic carbocycles. The Morgan fingerprint density at radius 2 is 2.25 bits per heavy atom. The summed E-state index contributed by atoms with van der Waals surface area (Å²) in [5.41, 5.74) is 6.61. The van der Waals surface area contributed by atoms with Crippen LogP contribution in [0.5, 0.6) is 5.88 Å². The van der Waals surface area contributed by atoms with E-state index in [1.54, 1.807) is 6.20 Å². The third kappa shape index (κ3) is 3.18. The van der Waals surface area contributed by atoms with Crippen LogP contribution in [0, 0.1) is 5.92 Å². The Hall–Kier alpha value is -1.13. The largest absolute Gasteiger partial charge is 0.477 e. The van der Waals surface area contributed by atoms with Crippen LogP contribution in [-0.2, 0) is 11.3 Å². The first kappa shape index (κ1) is 11.4. The lowest BCUT2D eigenvalue weighted by Crippen LogP contribution is -2.21. The molecule has 0 bridgehead atoms. The molecule has 0 aromatic carbocycles. The van der Waals surface area contributed by atoms with Crippen molar-refractivity contribution in [3.8, 4) is 5.88 Å². The van der Waals surface area contributed by atoms with Gasteiger partial charge in [-0.15, -0.1) is 0 Å². The molecule has 0 atom stereocenters. The standard InChI is InChI=1S/C12H18N2O2/c13-8-11-1-4-14-12(7-11)16-9-10-2-5-15-6-3-10/h1,4,7,10H,2-3,5-6,8-9,13H2. The first-order valence-electron chi connectivity index (χ1n) is 5.74. The Balaban J connectivity index is 1.83. The molecule has 1 aromatic heterocycles. The maximum Gasteiger partial charge on any atom is 0.213 e. The highest BCUT2D eigenvalue weighted by molar-refractivity contribution is 5.20. The number of rotatable bonds is 4. The summed E-state index contributed by atoms with van der Waals surface area (Å²) < 4.78 is 11.0. The third-order valence-electron chi connectivity index (χ3n) is 2.84. The van der Waals surface area contributed by atoms with E-state index in [2.05, 4.69) is 4.98 Å². The quantitative estimate of drug-likeness (QED) is 0.835. The summed E-state index contributed by atoms with van der Waals surface area (Å²) in [6, 6.07) is 3.81. The second-order valence-corrected chi connectivity index (χ2v) is 4.07. The van der Waals surface area contributed by atoms with E-state index in [0.29, 0.717) is 18.3 Å². The molecule has 16 heavy (non-hydrogen) atoms. The van der Waals surface area contributed by atoms with Gasteiger partial charge in [0.05, 0.1) is 6.61 Å². The Labute approximate surface area is 95.8 Å². The summed E-state index contributed by atoms with van der Waals surface area (Å²) in [6.07, 6.45) is 3.90. The van der Waals surface area contributed by atoms with Crippen LogP contribution in [0.25, 0.3) is 0 Å². The van der Waals surface area contributed by atoms with Crippen molar-refractivity contribution in [2.75, 3.05) is 19.8 Å². The van der Waals surface area contributed by atoms with Crippen LogP contribution in [0.4, 0.5) is 0 Å². The number of aromatic nitrogens is 1. The Bertz CT molecular complexity index is 325. The molecule has 1 saturated heterocycles. The molecule has 2 N–H and O–H groups in total. The monoisotopic (exact) mass is 222 g/mol. The van der Waals surface area contributed by atoms with E-state index in [1.165, 1.54) is 0 Å². The van der Waals surface area contributed by atoms with E-state index in [-0.39, 0.29) is 0 Å². The second kappa shape index (κ2) is 5.82. The molecule has 1 fully saturated rings. The summed E-state index contributed by atoms with van der Waals surface area (Å²) in [7, 11) is 0. The zero-order valence-electron chi connectivity index (χ0n) is 9.39. The van der Waals surface area contributed by atoms with Gasteiger partial charge in [-0.1, -0.05) is 0 Å². The number of nitrogens with two attached hydrogens (primary N) is 1. The molecule has 2 rings (SSSR count). The minimum Gasteiger partial charge on any atom is -0.477 e. The Kier molecular flexibility index (Phi) is 4.13. The number of pyridine rings is 1. The fourth-order valence-electron chi connectivity index (χ4n) is 1.77. The van der Waals surface area contributed by atoms with Gasteiger partial charge in [0.25, 0.3) is 0 Å². The molecule has 4 heteroatoms. The molecule has 0 radical (unpaired) electrons. The van der Waals surface area contributed by atoms with Crippen molar-refractivity contribution in [3.63, 3.8) is 0 Å². The van der Waals surface area contributed by atoms with Gasteiger partial charge in [-0.3, -0.25) is 0 Å². The average Bonchev–Trinajstić information content (AvgIpc) is 2.38. The van der Waals surface area contributed by atoms with Crippen LogP contribution in [0.2, 0.25) is 0 Å². The number of nitrogens with zero attached hydrogens (tertiary/aromatic N) is 1. The van der Waals surface area contributed by atoms with Crippen molar-refractivity contribution >= 4 is 0 Å². The minimum atomic E-state index is 0.524. The van der Waals surface area contributed by atoms with Crippen LogP contribution < -0.4 is 10.5 Å². The zero-order valence-corrected chi connectivity index (χ0v) is 9.39. The molecule has 0 unspecified atom stereocenters. The van der Waals surface area contributed by atoms with Crippen LogP contribution in [0.1, 0.15) is 18.4 Å². The minimum absolute atomic E-state index is 0.524. The molecule has 4 nitrogen and oxygen atoms in total. The van der Waals surface area contributed by atoms with E-state index in [4.69, 9.17) is 15.2 Å². The van der Waals surface area contributed by atoms with Crippen molar-refractivity contribution < 1.29 is 9.47 Å². The molecule has 1 aliphatic heterocycles. The van der Waals surface area contributed by atoms with Gasteiger partial charge in [-0.25, -0.2) is 4.98 Å². The fraction of sp³-hybridized carbons (Fsp3) is 0.583. The number of hydrogen-bond donors (Lipinski definition) is 1. The van der Waals surface area contributed by atoms with E-state index >= 15 is 0 Å². The fourth-order valence-corrected chi connectivity index (χ4v) is 1.77. The van der Waals surface area contributed by atoms with Gasteiger partial charge < -0.3 is 15.2 Å². The molecule has 0 saturated carbocycles. The summed E-state index contributed by atoms with van der Waals surface area (Å²) in [5, 5.41) is 0. The maximum absolute atomic E-state index is 5.67. The van der Waals surface area contributed by atoms with Gasteiger partial charge in [-0.05, 0) is 30.4 Å². The lowest BCUT2D eigenvalue weighted by molar-refractivity contribution is 0.0490. The average molecular weight is 222 g/mol. The molecule has 0 amide bonds. The molecule has 1 aromatic rings. The lowest BCUT2D eigenvalue weighted by atomic mass is 10.0. The Morgan fingerprint density at radius 3 is 3.00 bits per heavy atom. The van der Waals surface area contributed by atoms with Gasteiger partial charge in [0, 0.05) is 32.0 Å². The third-order valence-corrected chi connectivity index (χ3v) is 2.84. The van der Waals surface area contributed by atoms with E-state index < -0.39 is 0 Å². The summed E-state index contributed by atoms with van der Waals surface area (Å²) in [4.78, 5) is 4.16. The van der Waals surface area contributed by atoms with Crippen molar-refractivity contribution in [3.05, 3.63) is 23.9 Å². The number of hydrogen-bond acceptors (Lipinski definition) is 4.